The van der Waals surface area contributed by atoms with E-state index in [2.05, 4.69) is 20.3 Å². The molecule has 0 saturated carbocycles. The summed E-state index contributed by atoms with van der Waals surface area (Å²) in [5.74, 6) is 1.29. The van der Waals surface area contributed by atoms with Gasteiger partial charge in [0, 0.05) is 27.2 Å². The lowest BCUT2D eigenvalue weighted by molar-refractivity contribution is 0.0765. The second-order valence-electron chi connectivity index (χ2n) is 4.77. The number of nitrogens with zero attached hydrogens (tertiary/aromatic N) is 4. The molecule has 0 amide bonds. The summed E-state index contributed by atoms with van der Waals surface area (Å²) in [7, 11) is 3.73. The highest BCUT2D eigenvalue weighted by Gasteiger charge is 2.05. The summed E-state index contributed by atoms with van der Waals surface area (Å²) < 4.78 is 5.47. The summed E-state index contributed by atoms with van der Waals surface area (Å²) in [5.41, 5.74) is 5.63. The first-order chi connectivity index (χ1) is 8.99. The number of rotatable bonds is 8. The SMILES string of the molecule is CC(C)OCCCCNc1nc(N)nc(N(C)C)n1. The Bertz CT molecular complexity index is 382. The van der Waals surface area contributed by atoms with Crippen molar-refractivity contribution >= 4 is 17.8 Å². The fraction of sp³-hybridized carbons (Fsp3) is 0.750. The molecule has 0 saturated heterocycles. The number of unbranched alkanes of at least 4 members (excludes halogenated alkanes) is 1. The van der Waals surface area contributed by atoms with Gasteiger partial charge in [-0.3, -0.25) is 0 Å². The van der Waals surface area contributed by atoms with Crippen LogP contribution < -0.4 is 16.0 Å². The van der Waals surface area contributed by atoms with E-state index in [9.17, 15) is 0 Å². The van der Waals surface area contributed by atoms with E-state index in [-0.39, 0.29) is 5.95 Å². The molecule has 0 aliphatic carbocycles. The summed E-state index contributed by atoms with van der Waals surface area (Å²) in [4.78, 5) is 14.1. The maximum atomic E-state index is 5.63. The molecule has 1 heterocycles. The Hall–Kier alpha value is -1.63. The van der Waals surface area contributed by atoms with Crippen molar-refractivity contribution in [3.8, 4) is 0 Å². The molecule has 0 aliphatic rings. The van der Waals surface area contributed by atoms with Crippen LogP contribution in [0.25, 0.3) is 0 Å². The first-order valence-corrected chi connectivity index (χ1v) is 6.53. The van der Waals surface area contributed by atoms with Crippen LogP contribution in [0.3, 0.4) is 0 Å². The number of hydrogen-bond acceptors (Lipinski definition) is 7. The first-order valence-electron chi connectivity index (χ1n) is 6.53. The number of aromatic nitrogens is 3. The Labute approximate surface area is 114 Å². The molecule has 108 valence electrons. The van der Waals surface area contributed by atoms with Crippen LogP contribution in [0.4, 0.5) is 17.8 Å². The molecule has 1 aromatic heterocycles. The molecule has 0 unspecified atom stereocenters. The second kappa shape index (κ2) is 7.73. The van der Waals surface area contributed by atoms with Crippen LogP contribution in [0.1, 0.15) is 26.7 Å². The fourth-order valence-corrected chi connectivity index (χ4v) is 1.41. The number of hydrogen-bond donors (Lipinski definition) is 2. The normalized spacial score (nSPS) is 10.8. The van der Waals surface area contributed by atoms with Gasteiger partial charge in [0.05, 0.1) is 6.10 Å². The maximum Gasteiger partial charge on any atom is 0.231 e. The molecule has 1 rings (SSSR count). The average Bonchev–Trinajstić information content (AvgIpc) is 2.32. The zero-order valence-electron chi connectivity index (χ0n) is 12.2. The van der Waals surface area contributed by atoms with Gasteiger partial charge in [0.15, 0.2) is 0 Å². The molecule has 7 heteroatoms. The van der Waals surface area contributed by atoms with Crippen molar-refractivity contribution in [2.45, 2.75) is 32.8 Å². The zero-order chi connectivity index (χ0) is 14.3. The van der Waals surface area contributed by atoms with Gasteiger partial charge in [-0.2, -0.15) is 15.0 Å². The van der Waals surface area contributed by atoms with Crippen LogP contribution in [-0.2, 0) is 4.74 Å². The van der Waals surface area contributed by atoms with E-state index < -0.39 is 0 Å². The molecule has 0 aromatic carbocycles. The molecule has 0 radical (unpaired) electrons. The van der Waals surface area contributed by atoms with E-state index in [0.29, 0.717) is 18.0 Å². The van der Waals surface area contributed by atoms with Gasteiger partial charge in [0.1, 0.15) is 0 Å². The Morgan fingerprint density at radius 3 is 2.58 bits per heavy atom. The Balaban J connectivity index is 2.33. The lowest BCUT2D eigenvalue weighted by atomic mass is 10.3. The van der Waals surface area contributed by atoms with Crippen LogP contribution in [0.15, 0.2) is 0 Å². The largest absolute Gasteiger partial charge is 0.379 e. The molecule has 0 bridgehead atoms. The number of nitrogen functional groups attached to an aromatic ring is 1. The van der Waals surface area contributed by atoms with Gasteiger partial charge in [0.25, 0.3) is 0 Å². The quantitative estimate of drug-likeness (QED) is 0.683. The van der Waals surface area contributed by atoms with Crippen molar-refractivity contribution in [3.63, 3.8) is 0 Å². The van der Waals surface area contributed by atoms with Crippen LogP contribution in [0, 0.1) is 0 Å². The summed E-state index contributed by atoms with van der Waals surface area (Å²) in [5, 5.41) is 3.14. The van der Waals surface area contributed by atoms with E-state index >= 15 is 0 Å². The lowest BCUT2D eigenvalue weighted by Gasteiger charge is -2.12. The van der Waals surface area contributed by atoms with E-state index in [4.69, 9.17) is 10.5 Å². The minimum absolute atomic E-state index is 0.226. The number of nitrogens with two attached hydrogens (primary N) is 1. The molecule has 0 aliphatic heterocycles. The minimum Gasteiger partial charge on any atom is -0.379 e. The van der Waals surface area contributed by atoms with Crippen molar-refractivity contribution in [2.24, 2.45) is 0 Å². The van der Waals surface area contributed by atoms with Crippen LogP contribution in [0.2, 0.25) is 0 Å². The third-order valence-electron chi connectivity index (χ3n) is 2.35. The lowest BCUT2D eigenvalue weighted by Crippen LogP contribution is -2.17. The van der Waals surface area contributed by atoms with Gasteiger partial charge in [-0.1, -0.05) is 0 Å². The highest BCUT2D eigenvalue weighted by Crippen LogP contribution is 2.09. The first kappa shape index (κ1) is 15.4. The number of nitrogens with one attached hydrogen (secondary N) is 1. The number of anilines is 3. The van der Waals surface area contributed by atoms with Gasteiger partial charge in [-0.05, 0) is 26.7 Å². The van der Waals surface area contributed by atoms with Crippen LogP contribution in [-0.4, -0.2) is 48.3 Å². The highest BCUT2D eigenvalue weighted by molar-refractivity contribution is 5.40. The van der Waals surface area contributed by atoms with Crippen LogP contribution >= 0.6 is 0 Å². The summed E-state index contributed by atoms with van der Waals surface area (Å²) in [6.07, 6.45) is 2.29. The number of ether oxygens (including phenoxy) is 1. The average molecular weight is 268 g/mol. The molecule has 0 atom stereocenters. The Kier molecular flexibility index (Phi) is 6.27. The van der Waals surface area contributed by atoms with Gasteiger partial charge in [-0.15, -0.1) is 0 Å². The predicted octanol–water partition coefficient (Wildman–Crippen LogP) is 1.14. The van der Waals surface area contributed by atoms with Gasteiger partial charge >= 0.3 is 0 Å². The molecule has 1 aromatic rings. The molecular weight excluding hydrogens is 244 g/mol. The van der Waals surface area contributed by atoms with E-state index in [1.54, 1.807) is 4.90 Å². The van der Waals surface area contributed by atoms with E-state index in [1.807, 2.05) is 27.9 Å². The van der Waals surface area contributed by atoms with Crippen molar-refractivity contribution in [1.82, 2.24) is 15.0 Å². The molecule has 19 heavy (non-hydrogen) atoms. The molecule has 3 N–H and O–H groups in total. The highest BCUT2D eigenvalue weighted by atomic mass is 16.5. The fourth-order valence-electron chi connectivity index (χ4n) is 1.41. The molecular formula is C12H24N6O. The van der Waals surface area contributed by atoms with Crippen molar-refractivity contribution in [1.29, 1.82) is 0 Å². The third-order valence-corrected chi connectivity index (χ3v) is 2.35. The van der Waals surface area contributed by atoms with E-state index in [0.717, 1.165) is 26.0 Å². The zero-order valence-corrected chi connectivity index (χ0v) is 12.2. The van der Waals surface area contributed by atoms with Gasteiger partial charge in [0.2, 0.25) is 17.8 Å². The van der Waals surface area contributed by atoms with Gasteiger partial charge < -0.3 is 20.7 Å². The third kappa shape index (κ3) is 6.19. The summed E-state index contributed by atoms with van der Waals surface area (Å²) in [6.45, 7) is 5.64. The molecule has 7 nitrogen and oxygen atoms in total. The maximum absolute atomic E-state index is 5.63. The van der Waals surface area contributed by atoms with Gasteiger partial charge in [-0.25, -0.2) is 0 Å². The van der Waals surface area contributed by atoms with Crippen molar-refractivity contribution in [3.05, 3.63) is 0 Å². The van der Waals surface area contributed by atoms with Crippen molar-refractivity contribution in [2.75, 3.05) is 43.2 Å². The topological polar surface area (TPSA) is 89.2 Å². The van der Waals surface area contributed by atoms with Crippen molar-refractivity contribution < 1.29 is 4.74 Å². The smallest absolute Gasteiger partial charge is 0.231 e. The Morgan fingerprint density at radius 2 is 1.95 bits per heavy atom. The minimum atomic E-state index is 0.226. The monoisotopic (exact) mass is 268 g/mol. The Morgan fingerprint density at radius 1 is 1.21 bits per heavy atom. The standard InChI is InChI=1S/C12H24N6O/c1-9(2)19-8-6-5-7-14-11-15-10(13)16-12(17-11)18(3)4/h9H,5-8H2,1-4H3,(H3,13,14,15,16,17). The van der Waals surface area contributed by atoms with Crippen LogP contribution in [0.5, 0.6) is 0 Å². The molecule has 0 spiro atoms. The predicted molar refractivity (Wildman–Crippen MR) is 77.4 cm³/mol. The van der Waals surface area contributed by atoms with E-state index in [1.165, 1.54) is 0 Å². The summed E-state index contributed by atoms with van der Waals surface area (Å²) in [6, 6.07) is 0. The molecule has 0 fully saturated rings. The second-order valence-corrected chi connectivity index (χ2v) is 4.77. The summed E-state index contributed by atoms with van der Waals surface area (Å²) >= 11 is 0.